The van der Waals surface area contributed by atoms with Gasteiger partial charge in [0.2, 0.25) is 0 Å². The molecular formula is C17H30N2O2. The molecule has 0 aliphatic rings. The fourth-order valence-corrected chi connectivity index (χ4v) is 2.52. The zero-order chi connectivity index (χ0) is 15.7. The van der Waals surface area contributed by atoms with Gasteiger partial charge in [-0.2, -0.15) is 0 Å². The second-order valence-corrected chi connectivity index (χ2v) is 5.45. The van der Waals surface area contributed by atoms with Crippen LogP contribution in [-0.2, 0) is 11.2 Å². The van der Waals surface area contributed by atoms with E-state index in [9.17, 15) is 0 Å². The molecule has 1 aromatic carbocycles. The van der Waals surface area contributed by atoms with Crippen LogP contribution in [0.15, 0.2) is 24.3 Å². The monoisotopic (exact) mass is 294 g/mol. The number of rotatable bonds is 10. The maximum absolute atomic E-state index is 5.44. The fourth-order valence-electron chi connectivity index (χ4n) is 2.52. The van der Waals surface area contributed by atoms with Crippen molar-refractivity contribution < 1.29 is 9.47 Å². The van der Waals surface area contributed by atoms with E-state index in [0.29, 0.717) is 12.1 Å². The lowest BCUT2D eigenvalue weighted by Crippen LogP contribution is -2.47. The van der Waals surface area contributed by atoms with Gasteiger partial charge in [-0.05, 0) is 38.6 Å². The number of para-hydroxylation sites is 1. The predicted octanol–water partition coefficient (Wildman–Crippen LogP) is 2.18. The minimum atomic E-state index is 0.375. The number of hydrogen-bond donors (Lipinski definition) is 1. The zero-order valence-electron chi connectivity index (χ0n) is 14.1. The molecule has 0 saturated heterocycles. The van der Waals surface area contributed by atoms with Crippen molar-refractivity contribution in [3.05, 3.63) is 29.8 Å². The highest BCUT2D eigenvalue weighted by Crippen LogP contribution is 2.20. The van der Waals surface area contributed by atoms with Gasteiger partial charge < -0.3 is 14.8 Å². The standard InChI is InChI=1S/C17H30N2O2/c1-6-18-12-16(13-20-4)19(3)14(2)11-15-9-7-8-10-17(15)21-5/h7-10,14,16,18H,6,11-13H2,1-5H3. The second kappa shape index (κ2) is 9.77. The quantitative estimate of drug-likeness (QED) is 0.717. The van der Waals surface area contributed by atoms with Crippen molar-refractivity contribution in [2.75, 3.05) is 41.0 Å². The third kappa shape index (κ3) is 5.65. The van der Waals surface area contributed by atoms with Crippen LogP contribution in [0.2, 0.25) is 0 Å². The maximum atomic E-state index is 5.44. The highest BCUT2D eigenvalue weighted by Gasteiger charge is 2.20. The van der Waals surface area contributed by atoms with Crippen LogP contribution in [0, 0.1) is 0 Å². The van der Waals surface area contributed by atoms with E-state index < -0.39 is 0 Å². The SMILES string of the molecule is CCNCC(COC)N(C)C(C)Cc1ccccc1OC. The van der Waals surface area contributed by atoms with Crippen LogP contribution < -0.4 is 10.1 Å². The molecule has 0 fully saturated rings. The fraction of sp³-hybridized carbons (Fsp3) is 0.647. The van der Waals surface area contributed by atoms with Crippen LogP contribution in [-0.4, -0.2) is 57.9 Å². The van der Waals surface area contributed by atoms with Gasteiger partial charge in [0.15, 0.2) is 0 Å². The van der Waals surface area contributed by atoms with Gasteiger partial charge in [-0.3, -0.25) is 4.90 Å². The highest BCUT2D eigenvalue weighted by molar-refractivity contribution is 5.33. The summed E-state index contributed by atoms with van der Waals surface area (Å²) in [5.74, 6) is 0.965. The molecular weight excluding hydrogens is 264 g/mol. The summed E-state index contributed by atoms with van der Waals surface area (Å²) in [7, 11) is 5.66. The minimum Gasteiger partial charge on any atom is -0.496 e. The number of nitrogens with zero attached hydrogens (tertiary/aromatic N) is 1. The average Bonchev–Trinajstić information content (AvgIpc) is 2.51. The Kier molecular flexibility index (Phi) is 8.35. The molecule has 120 valence electrons. The molecule has 0 amide bonds. The Hall–Kier alpha value is -1.10. The predicted molar refractivity (Wildman–Crippen MR) is 88.1 cm³/mol. The van der Waals surface area contributed by atoms with Gasteiger partial charge in [-0.25, -0.2) is 0 Å². The third-order valence-corrected chi connectivity index (χ3v) is 3.97. The van der Waals surface area contributed by atoms with E-state index in [4.69, 9.17) is 9.47 Å². The summed E-state index contributed by atoms with van der Waals surface area (Å²) in [6.45, 7) is 7.04. The lowest BCUT2D eigenvalue weighted by molar-refractivity contribution is 0.0838. The van der Waals surface area contributed by atoms with Crippen molar-refractivity contribution in [1.82, 2.24) is 10.2 Å². The Morgan fingerprint density at radius 2 is 1.95 bits per heavy atom. The van der Waals surface area contributed by atoms with E-state index in [1.165, 1.54) is 5.56 Å². The molecule has 1 N–H and O–H groups in total. The molecule has 2 atom stereocenters. The van der Waals surface area contributed by atoms with Gasteiger partial charge in [0.25, 0.3) is 0 Å². The van der Waals surface area contributed by atoms with Crippen LogP contribution in [0.1, 0.15) is 19.4 Å². The molecule has 4 heteroatoms. The molecule has 0 spiro atoms. The number of benzene rings is 1. The highest BCUT2D eigenvalue weighted by atomic mass is 16.5. The van der Waals surface area contributed by atoms with Crippen LogP contribution in [0.5, 0.6) is 5.75 Å². The summed E-state index contributed by atoms with van der Waals surface area (Å²) in [6.07, 6.45) is 0.965. The van der Waals surface area contributed by atoms with Gasteiger partial charge in [-0.1, -0.05) is 25.1 Å². The molecule has 0 bridgehead atoms. The summed E-state index contributed by atoms with van der Waals surface area (Å²) in [5.41, 5.74) is 1.25. The molecule has 0 heterocycles. The summed E-state index contributed by atoms with van der Waals surface area (Å²) in [5, 5.41) is 3.41. The van der Waals surface area contributed by atoms with Crippen molar-refractivity contribution >= 4 is 0 Å². The largest absolute Gasteiger partial charge is 0.496 e. The molecule has 0 aromatic heterocycles. The Labute approximate surface area is 129 Å². The smallest absolute Gasteiger partial charge is 0.122 e. The first kappa shape index (κ1) is 18.0. The van der Waals surface area contributed by atoms with E-state index in [2.05, 4.69) is 43.2 Å². The first-order valence-electron chi connectivity index (χ1n) is 7.67. The van der Waals surface area contributed by atoms with Crippen molar-refractivity contribution in [3.63, 3.8) is 0 Å². The molecule has 1 rings (SSSR count). The van der Waals surface area contributed by atoms with Crippen LogP contribution in [0.3, 0.4) is 0 Å². The minimum absolute atomic E-state index is 0.375. The van der Waals surface area contributed by atoms with Gasteiger partial charge in [0.05, 0.1) is 13.7 Å². The zero-order valence-corrected chi connectivity index (χ0v) is 14.1. The summed E-state index contributed by atoms with van der Waals surface area (Å²) in [4.78, 5) is 2.39. The number of likely N-dealkylation sites (N-methyl/N-ethyl adjacent to an activating group) is 2. The number of nitrogens with one attached hydrogen (secondary N) is 1. The van der Waals surface area contributed by atoms with Gasteiger partial charge in [0.1, 0.15) is 5.75 Å². The Bertz CT molecular complexity index is 398. The third-order valence-electron chi connectivity index (χ3n) is 3.97. The summed E-state index contributed by atoms with van der Waals surface area (Å²) >= 11 is 0. The number of ether oxygens (including phenoxy) is 2. The summed E-state index contributed by atoms with van der Waals surface area (Å²) < 4.78 is 10.8. The molecule has 4 nitrogen and oxygen atoms in total. The Morgan fingerprint density at radius 1 is 1.24 bits per heavy atom. The molecule has 0 aliphatic carbocycles. The van der Waals surface area contributed by atoms with E-state index in [1.54, 1.807) is 14.2 Å². The lowest BCUT2D eigenvalue weighted by atomic mass is 10.0. The molecule has 2 unspecified atom stereocenters. The van der Waals surface area contributed by atoms with Crippen LogP contribution >= 0.6 is 0 Å². The van der Waals surface area contributed by atoms with E-state index in [0.717, 1.165) is 31.9 Å². The normalized spacial score (nSPS) is 14.2. The summed E-state index contributed by atoms with van der Waals surface area (Å²) in [6, 6.07) is 9.03. The number of methoxy groups -OCH3 is 2. The first-order valence-corrected chi connectivity index (χ1v) is 7.67. The molecule has 0 aliphatic heterocycles. The van der Waals surface area contributed by atoms with Crippen molar-refractivity contribution in [1.29, 1.82) is 0 Å². The Morgan fingerprint density at radius 3 is 2.57 bits per heavy atom. The average molecular weight is 294 g/mol. The van der Waals surface area contributed by atoms with Gasteiger partial charge >= 0.3 is 0 Å². The topological polar surface area (TPSA) is 33.7 Å². The molecule has 1 aromatic rings. The van der Waals surface area contributed by atoms with E-state index >= 15 is 0 Å². The Balaban J connectivity index is 2.68. The van der Waals surface area contributed by atoms with Crippen LogP contribution in [0.25, 0.3) is 0 Å². The van der Waals surface area contributed by atoms with Crippen molar-refractivity contribution in [2.45, 2.75) is 32.4 Å². The van der Waals surface area contributed by atoms with Crippen molar-refractivity contribution in [2.24, 2.45) is 0 Å². The molecule has 0 saturated carbocycles. The van der Waals surface area contributed by atoms with Crippen molar-refractivity contribution in [3.8, 4) is 5.75 Å². The number of hydrogen-bond acceptors (Lipinski definition) is 4. The molecule has 21 heavy (non-hydrogen) atoms. The van der Waals surface area contributed by atoms with Gasteiger partial charge in [-0.15, -0.1) is 0 Å². The first-order chi connectivity index (χ1) is 10.1. The van der Waals surface area contributed by atoms with E-state index in [1.807, 2.05) is 12.1 Å². The maximum Gasteiger partial charge on any atom is 0.122 e. The lowest BCUT2D eigenvalue weighted by Gasteiger charge is -2.33. The van der Waals surface area contributed by atoms with Crippen LogP contribution in [0.4, 0.5) is 0 Å². The molecule has 0 radical (unpaired) electrons. The van der Waals surface area contributed by atoms with E-state index in [-0.39, 0.29) is 0 Å². The second-order valence-electron chi connectivity index (χ2n) is 5.45. The van der Waals surface area contributed by atoms with Gasteiger partial charge in [0, 0.05) is 25.7 Å².